The molecule has 2 unspecified atom stereocenters. The fourth-order valence-corrected chi connectivity index (χ4v) is 3.88. The minimum absolute atomic E-state index is 0.578. The number of nitrogens with two attached hydrogens (primary N) is 1. The highest BCUT2D eigenvalue weighted by Crippen LogP contribution is 2.47. The summed E-state index contributed by atoms with van der Waals surface area (Å²) in [6, 6.07) is 5.99. The Balaban J connectivity index is 2.38. The Morgan fingerprint density at radius 3 is 2.71 bits per heavy atom. The molecule has 24 heavy (non-hydrogen) atoms. The third kappa shape index (κ3) is 2.29. The first-order valence-corrected chi connectivity index (χ1v) is 8.27. The number of H-pyrrole nitrogens is 1. The van der Waals surface area contributed by atoms with Crippen LogP contribution in [0.2, 0.25) is 0 Å². The minimum Gasteiger partial charge on any atom is -0.369 e. The van der Waals surface area contributed by atoms with Gasteiger partial charge in [-0.1, -0.05) is 31.2 Å². The highest BCUT2D eigenvalue weighted by atomic mass is 19.1. The molecule has 1 amide bonds. The molecule has 3 N–H and O–H groups in total. The van der Waals surface area contributed by atoms with E-state index in [0.29, 0.717) is 12.0 Å². The van der Waals surface area contributed by atoms with Crippen molar-refractivity contribution in [2.75, 3.05) is 0 Å². The van der Waals surface area contributed by atoms with Gasteiger partial charge in [0.25, 0.3) is 0 Å². The molecule has 0 saturated heterocycles. The summed E-state index contributed by atoms with van der Waals surface area (Å²) < 4.78 is 15.9. The van der Waals surface area contributed by atoms with Crippen molar-refractivity contribution < 1.29 is 9.18 Å². The van der Waals surface area contributed by atoms with Crippen LogP contribution in [0.3, 0.4) is 0 Å². The van der Waals surface area contributed by atoms with E-state index < -0.39 is 17.5 Å². The molecule has 0 fully saturated rings. The van der Waals surface area contributed by atoms with Crippen molar-refractivity contribution in [1.29, 1.82) is 0 Å². The monoisotopic (exact) mass is 326 g/mol. The number of fused-ring (bicyclic) bond motifs is 1. The van der Waals surface area contributed by atoms with Gasteiger partial charge in [-0.3, -0.25) is 4.79 Å². The number of primary amides is 1. The van der Waals surface area contributed by atoms with Gasteiger partial charge in [0.05, 0.1) is 5.92 Å². The zero-order valence-electron chi connectivity index (χ0n) is 14.5. The molecule has 0 saturated carbocycles. The predicted octanol–water partition coefficient (Wildman–Crippen LogP) is 4.35. The smallest absolute Gasteiger partial charge is 0.227 e. The van der Waals surface area contributed by atoms with Crippen LogP contribution in [0.1, 0.15) is 37.1 Å². The Kier molecular flexibility index (Phi) is 3.86. The molecule has 1 aromatic heterocycles. The van der Waals surface area contributed by atoms with Gasteiger partial charge in [-0.25, -0.2) is 4.39 Å². The van der Waals surface area contributed by atoms with Gasteiger partial charge in [0.15, 0.2) is 0 Å². The number of benzene rings is 1. The van der Waals surface area contributed by atoms with Crippen LogP contribution >= 0.6 is 0 Å². The number of aryl methyl sites for hydroxylation is 2. The fourth-order valence-electron chi connectivity index (χ4n) is 3.88. The molecule has 1 heterocycles. The summed E-state index contributed by atoms with van der Waals surface area (Å²) in [4.78, 5) is 15.1. The number of aromatic nitrogens is 1. The van der Waals surface area contributed by atoms with Crippen molar-refractivity contribution in [3.8, 4) is 0 Å². The topological polar surface area (TPSA) is 58.9 Å². The average Bonchev–Trinajstić information content (AvgIpc) is 2.82. The summed E-state index contributed by atoms with van der Waals surface area (Å²) in [5, 5.41) is 1.01. The fraction of sp³-hybridized carbons (Fsp3) is 0.350. The number of hydrogen-bond donors (Lipinski definition) is 2. The van der Waals surface area contributed by atoms with Gasteiger partial charge in [0, 0.05) is 27.7 Å². The maximum atomic E-state index is 15.9. The van der Waals surface area contributed by atoms with Crippen LogP contribution in [0, 0.1) is 19.8 Å². The van der Waals surface area contributed by atoms with Gasteiger partial charge in [0.1, 0.15) is 5.67 Å². The third-order valence-electron chi connectivity index (χ3n) is 5.04. The maximum Gasteiger partial charge on any atom is 0.227 e. The second kappa shape index (κ2) is 5.62. The lowest BCUT2D eigenvalue weighted by atomic mass is 9.73. The summed E-state index contributed by atoms with van der Waals surface area (Å²) >= 11 is 0. The highest BCUT2D eigenvalue weighted by Gasteiger charge is 2.45. The van der Waals surface area contributed by atoms with E-state index in [9.17, 15) is 4.79 Å². The molecule has 3 nitrogen and oxygen atoms in total. The zero-order valence-corrected chi connectivity index (χ0v) is 14.5. The number of alkyl halides is 1. The first kappa shape index (κ1) is 16.5. The Labute approximate surface area is 141 Å². The SMILES string of the molecule is CCC1=C(c2c(C)[nH]c3cccc(C)c23)C(C)(F)C(C(N)=O)C=C1. The number of aromatic amines is 1. The Hall–Kier alpha value is -2.36. The van der Waals surface area contributed by atoms with Crippen molar-refractivity contribution in [2.45, 2.75) is 39.8 Å². The zero-order chi connectivity index (χ0) is 17.6. The van der Waals surface area contributed by atoms with Crippen LogP contribution in [0.5, 0.6) is 0 Å². The molecule has 0 spiro atoms. The maximum absolute atomic E-state index is 15.9. The number of carbonyl (C=O) groups excluding carboxylic acids is 1. The lowest BCUT2D eigenvalue weighted by Gasteiger charge is -2.34. The molecule has 0 bridgehead atoms. The largest absolute Gasteiger partial charge is 0.369 e. The van der Waals surface area contributed by atoms with E-state index in [0.717, 1.165) is 33.3 Å². The number of allylic oxidation sites excluding steroid dienone is 3. The first-order valence-electron chi connectivity index (χ1n) is 8.27. The quantitative estimate of drug-likeness (QED) is 0.865. The number of hydrogen-bond acceptors (Lipinski definition) is 1. The summed E-state index contributed by atoms with van der Waals surface area (Å²) in [6.07, 6.45) is 4.14. The van der Waals surface area contributed by atoms with Gasteiger partial charge in [-0.05, 0) is 44.4 Å². The summed E-state index contributed by atoms with van der Waals surface area (Å²) in [6.45, 7) is 7.43. The molecule has 2 aromatic rings. The molecule has 1 aromatic carbocycles. The number of amides is 1. The van der Waals surface area contributed by atoms with Gasteiger partial charge in [-0.15, -0.1) is 0 Å². The highest BCUT2D eigenvalue weighted by molar-refractivity contribution is 6.01. The number of nitrogens with one attached hydrogen (secondary N) is 1. The van der Waals surface area contributed by atoms with Crippen molar-refractivity contribution in [3.63, 3.8) is 0 Å². The van der Waals surface area contributed by atoms with Crippen molar-refractivity contribution >= 4 is 22.4 Å². The van der Waals surface area contributed by atoms with Crippen molar-refractivity contribution in [3.05, 3.63) is 52.7 Å². The molecule has 3 rings (SSSR count). The molecule has 2 atom stereocenters. The third-order valence-corrected chi connectivity index (χ3v) is 5.04. The summed E-state index contributed by atoms with van der Waals surface area (Å²) in [5.74, 6) is -1.60. The second-order valence-electron chi connectivity index (χ2n) is 6.69. The normalized spacial score (nSPS) is 24.0. The second-order valence-corrected chi connectivity index (χ2v) is 6.69. The standard InChI is InChI=1S/C20H23FN2O/c1-5-13-9-10-14(19(22)24)20(4,21)18(13)17-12(3)23-15-8-6-7-11(2)16(15)17/h6-10,14,23H,5H2,1-4H3,(H2,22,24). The molecule has 0 aliphatic heterocycles. The first-order chi connectivity index (χ1) is 11.3. The number of carbonyl (C=O) groups is 1. The Morgan fingerprint density at radius 2 is 2.08 bits per heavy atom. The van der Waals surface area contributed by atoms with E-state index >= 15 is 4.39 Å². The van der Waals surface area contributed by atoms with Crippen molar-refractivity contribution in [1.82, 2.24) is 4.98 Å². The van der Waals surface area contributed by atoms with Crippen molar-refractivity contribution in [2.24, 2.45) is 11.7 Å². The van der Waals surface area contributed by atoms with Crippen LogP contribution in [-0.4, -0.2) is 16.6 Å². The van der Waals surface area contributed by atoms with E-state index in [4.69, 9.17) is 5.73 Å². The molecular formula is C20H23FN2O. The number of rotatable bonds is 3. The van der Waals surface area contributed by atoms with Gasteiger partial charge in [0.2, 0.25) is 5.91 Å². The molecule has 0 radical (unpaired) electrons. The van der Waals surface area contributed by atoms with E-state index in [2.05, 4.69) is 4.98 Å². The lowest BCUT2D eigenvalue weighted by molar-refractivity contribution is -0.123. The van der Waals surface area contributed by atoms with E-state index in [-0.39, 0.29) is 0 Å². The van der Waals surface area contributed by atoms with Gasteiger partial charge < -0.3 is 10.7 Å². The van der Waals surface area contributed by atoms with Crippen LogP contribution in [0.15, 0.2) is 35.9 Å². The molecule has 1 aliphatic rings. The summed E-state index contributed by atoms with van der Waals surface area (Å²) in [5.41, 5.74) is 8.94. The predicted molar refractivity (Wildman–Crippen MR) is 96.3 cm³/mol. The van der Waals surface area contributed by atoms with Crippen LogP contribution in [0.4, 0.5) is 4.39 Å². The van der Waals surface area contributed by atoms with E-state index in [1.807, 2.05) is 45.0 Å². The van der Waals surface area contributed by atoms with Crippen LogP contribution in [0.25, 0.3) is 16.5 Å². The molecular weight excluding hydrogens is 303 g/mol. The van der Waals surface area contributed by atoms with Crippen LogP contribution in [-0.2, 0) is 4.79 Å². The lowest BCUT2D eigenvalue weighted by Crippen LogP contribution is -2.41. The van der Waals surface area contributed by atoms with Gasteiger partial charge in [-0.2, -0.15) is 0 Å². The minimum atomic E-state index is -1.84. The average molecular weight is 326 g/mol. The van der Waals surface area contributed by atoms with Crippen LogP contribution < -0.4 is 5.73 Å². The molecule has 1 aliphatic carbocycles. The van der Waals surface area contributed by atoms with Gasteiger partial charge >= 0.3 is 0 Å². The molecule has 4 heteroatoms. The Bertz CT molecular complexity index is 886. The number of halogens is 1. The molecule has 126 valence electrons. The van der Waals surface area contributed by atoms with E-state index in [1.165, 1.54) is 6.92 Å². The summed E-state index contributed by atoms with van der Waals surface area (Å²) in [7, 11) is 0. The van der Waals surface area contributed by atoms with E-state index in [1.54, 1.807) is 6.08 Å². The Morgan fingerprint density at radius 1 is 1.38 bits per heavy atom.